The maximum atomic E-state index is 12.3. The molecule has 118 valence electrons. The highest BCUT2D eigenvalue weighted by molar-refractivity contribution is 7.89. The molecule has 2 N–H and O–H groups in total. The summed E-state index contributed by atoms with van der Waals surface area (Å²) in [7, 11) is -4.02. The third-order valence-electron chi connectivity index (χ3n) is 3.07. The average molecular weight is 356 g/mol. The molecule has 7 nitrogen and oxygen atoms in total. The van der Waals surface area contributed by atoms with E-state index in [1.54, 1.807) is 0 Å². The maximum absolute atomic E-state index is 12.3. The highest BCUT2D eigenvalue weighted by Gasteiger charge is 2.31. The molecule has 1 fully saturated rings. The summed E-state index contributed by atoms with van der Waals surface area (Å²) < 4.78 is 27.1. The van der Waals surface area contributed by atoms with Crippen molar-refractivity contribution in [1.82, 2.24) is 10.0 Å². The first-order valence-corrected chi connectivity index (χ1v) is 7.94. The van der Waals surface area contributed by atoms with Gasteiger partial charge in [-0.2, -0.15) is 0 Å². The van der Waals surface area contributed by atoms with Gasteiger partial charge < -0.3 is 5.32 Å². The van der Waals surface area contributed by atoms with Crippen LogP contribution in [0.2, 0.25) is 5.02 Å². The van der Waals surface area contributed by atoms with Crippen molar-refractivity contribution in [2.75, 3.05) is 13.1 Å². The van der Waals surface area contributed by atoms with E-state index in [-0.39, 0.29) is 23.5 Å². The van der Waals surface area contributed by atoms with Crippen LogP contribution in [-0.4, -0.2) is 32.5 Å². The third-order valence-corrected chi connectivity index (χ3v) is 5.11. The minimum atomic E-state index is -4.02. The molecule has 0 saturated carbocycles. The molecule has 0 unspecified atom stereocenters. The Balaban J connectivity index is 0.00000220. The quantitative estimate of drug-likeness (QED) is 0.632. The van der Waals surface area contributed by atoms with Gasteiger partial charge >= 0.3 is 0 Å². The van der Waals surface area contributed by atoms with E-state index < -0.39 is 25.5 Å². The fourth-order valence-corrected chi connectivity index (χ4v) is 4.13. The molecule has 0 atom stereocenters. The number of halogens is 2. The Bertz CT molecular complexity index is 618. The number of hydrogen-bond acceptors (Lipinski definition) is 5. The highest BCUT2D eigenvalue weighted by Crippen LogP contribution is 2.31. The Morgan fingerprint density at radius 2 is 1.95 bits per heavy atom. The van der Waals surface area contributed by atoms with Gasteiger partial charge in [0.2, 0.25) is 10.0 Å². The summed E-state index contributed by atoms with van der Waals surface area (Å²) in [5.74, 6) is 0. The predicted octanol–water partition coefficient (Wildman–Crippen LogP) is 1.70. The van der Waals surface area contributed by atoms with Gasteiger partial charge in [0.05, 0.1) is 9.95 Å². The monoisotopic (exact) mass is 355 g/mol. The summed E-state index contributed by atoms with van der Waals surface area (Å²) in [5.41, 5.74) is -0.515. The number of nitro groups is 1. The molecule has 0 aliphatic carbocycles. The Morgan fingerprint density at radius 3 is 2.52 bits per heavy atom. The second-order valence-corrected chi connectivity index (χ2v) is 6.55. The van der Waals surface area contributed by atoms with Gasteiger partial charge in [-0.05, 0) is 32.0 Å². The van der Waals surface area contributed by atoms with Crippen LogP contribution in [0.15, 0.2) is 23.1 Å². The summed E-state index contributed by atoms with van der Waals surface area (Å²) >= 11 is 5.84. The van der Waals surface area contributed by atoms with Gasteiger partial charge in [0.1, 0.15) is 0 Å². The van der Waals surface area contributed by atoms with Crippen molar-refractivity contribution in [2.24, 2.45) is 0 Å². The lowest BCUT2D eigenvalue weighted by Gasteiger charge is -2.23. The Morgan fingerprint density at radius 1 is 1.33 bits per heavy atom. The first-order chi connectivity index (χ1) is 9.42. The lowest BCUT2D eigenvalue weighted by Crippen LogP contribution is -2.42. The number of nitro benzene ring substituents is 1. The minimum Gasteiger partial charge on any atom is -0.317 e. The Hall–Kier alpha value is -0.930. The normalized spacial score (nSPS) is 16.2. The molecular weight excluding hydrogens is 341 g/mol. The van der Waals surface area contributed by atoms with Crippen molar-refractivity contribution < 1.29 is 13.3 Å². The van der Waals surface area contributed by atoms with Crippen LogP contribution in [0.25, 0.3) is 0 Å². The summed E-state index contributed by atoms with van der Waals surface area (Å²) in [6.07, 6.45) is 1.27. The van der Waals surface area contributed by atoms with Crippen molar-refractivity contribution in [2.45, 2.75) is 23.8 Å². The summed E-state index contributed by atoms with van der Waals surface area (Å²) in [6.45, 7) is 1.41. The molecule has 1 aliphatic heterocycles. The standard InChI is InChI=1S/C11H14ClN3O4S.ClH/c12-9-2-1-3-10(15(16)17)11(9)20(18,19)14-8-4-6-13-7-5-8;/h1-3,8,13-14H,4-7H2;1H. The fraction of sp³-hybridized carbons (Fsp3) is 0.455. The summed E-state index contributed by atoms with van der Waals surface area (Å²) in [6, 6.07) is 3.57. The van der Waals surface area contributed by atoms with E-state index in [0.717, 1.165) is 6.07 Å². The van der Waals surface area contributed by atoms with Crippen LogP contribution in [0.3, 0.4) is 0 Å². The van der Waals surface area contributed by atoms with E-state index in [1.807, 2.05) is 0 Å². The zero-order valence-corrected chi connectivity index (χ0v) is 13.3. The molecule has 10 heteroatoms. The lowest BCUT2D eigenvalue weighted by molar-refractivity contribution is -0.387. The van der Waals surface area contributed by atoms with Crippen LogP contribution in [0, 0.1) is 10.1 Å². The third kappa shape index (κ3) is 4.27. The second kappa shape index (κ2) is 7.37. The molecule has 2 rings (SSSR count). The molecule has 21 heavy (non-hydrogen) atoms. The zero-order chi connectivity index (χ0) is 14.8. The van der Waals surface area contributed by atoms with Gasteiger partial charge in [-0.3, -0.25) is 10.1 Å². The topological polar surface area (TPSA) is 101 Å². The van der Waals surface area contributed by atoms with Crippen LogP contribution in [0.5, 0.6) is 0 Å². The first-order valence-electron chi connectivity index (χ1n) is 6.08. The molecule has 0 spiro atoms. The number of piperidine rings is 1. The lowest BCUT2D eigenvalue weighted by atomic mass is 10.1. The summed E-state index contributed by atoms with van der Waals surface area (Å²) in [4.78, 5) is 9.74. The molecular formula is C11H15Cl2N3O4S. The smallest absolute Gasteiger partial charge is 0.290 e. The van der Waals surface area contributed by atoms with Crippen LogP contribution in [-0.2, 0) is 10.0 Å². The van der Waals surface area contributed by atoms with E-state index in [2.05, 4.69) is 10.0 Å². The van der Waals surface area contributed by atoms with E-state index in [1.165, 1.54) is 12.1 Å². The van der Waals surface area contributed by atoms with Crippen LogP contribution in [0.4, 0.5) is 5.69 Å². The van der Waals surface area contributed by atoms with E-state index in [9.17, 15) is 18.5 Å². The van der Waals surface area contributed by atoms with Crippen molar-refractivity contribution in [1.29, 1.82) is 0 Å². The predicted molar refractivity (Wildman–Crippen MR) is 81.6 cm³/mol. The van der Waals surface area contributed by atoms with Crippen molar-refractivity contribution in [3.05, 3.63) is 33.3 Å². The minimum absolute atomic E-state index is 0. The largest absolute Gasteiger partial charge is 0.317 e. The molecule has 0 amide bonds. The molecule has 0 radical (unpaired) electrons. The fourth-order valence-electron chi connectivity index (χ4n) is 2.13. The molecule has 1 aromatic rings. The number of rotatable bonds is 4. The molecule has 1 heterocycles. The van der Waals surface area contributed by atoms with Crippen LogP contribution in [0.1, 0.15) is 12.8 Å². The molecule has 0 bridgehead atoms. The van der Waals surface area contributed by atoms with E-state index in [0.29, 0.717) is 25.9 Å². The molecule has 0 aromatic heterocycles. The van der Waals surface area contributed by atoms with E-state index in [4.69, 9.17) is 11.6 Å². The maximum Gasteiger partial charge on any atom is 0.290 e. The van der Waals surface area contributed by atoms with Gasteiger partial charge in [-0.15, -0.1) is 12.4 Å². The Kier molecular flexibility index (Phi) is 6.36. The second-order valence-electron chi connectivity index (χ2n) is 4.49. The average Bonchev–Trinajstić information content (AvgIpc) is 2.38. The van der Waals surface area contributed by atoms with Gasteiger partial charge in [-0.1, -0.05) is 17.7 Å². The first kappa shape index (κ1) is 18.1. The van der Waals surface area contributed by atoms with Gasteiger partial charge in [0.15, 0.2) is 4.90 Å². The zero-order valence-electron chi connectivity index (χ0n) is 10.9. The van der Waals surface area contributed by atoms with Crippen molar-refractivity contribution in [3.8, 4) is 0 Å². The van der Waals surface area contributed by atoms with Gasteiger partial charge in [0, 0.05) is 12.1 Å². The van der Waals surface area contributed by atoms with Gasteiger partial charge in [-0.25, -0.2) is 13.1 Å². The number of nitrogens with one attached hydrogen (secondary N) is 2. The van der Waals surface area contributed by atoms with E-state index >= 15 is 0 Å². The molecule has 1 aromatic carbocycles. The van der Waals surface area contributed by atoms with Crippen molar-refractivity contribution >= 4 is 39.7 Å². The molecule has 1 saturated heterocycles. The number of benzene rings is 1. The van der Waals surface area contributed by atoms with Crippen LogP contribution < -0.4 is 10.0 Å². The number of sulfonamides is 1. The van der Waals surface area contributed by atoms with Gasteiger partial charge in [0.25, 0.3) is 5.69 Å². The summed E-state index contributed by atoms with van der Waals surface area (Å²) in [5, 5.41) is 13.9. The highest BCUT2D eigenvalue weighted by atomic mass is 35.5. The van der Waals surface area contributed by atoms with Crippen LogP contribution >= 0.6 is 24.0 Å². The number of nitrogens with zero attached hydrogens (tertiary/aromatic N) is 1. The molecule has 1 aliphatic rings. The SMILES string of the molecule is Cl.O=[N+]([O-])c1cccc(Cl)c1S(=O)(=O)NC1CCNCC1. The number of hydrogen-bond donors (Lipinski definition) is 2. The Labute approximate surface area is 133 Å². The van der Waals surface area contributed by atoms with Crippen molar-refractivity contribution in [3.63, 3.8) is 0 Å².